The van der Waals surface area contributed by atoms with Crippen LogP contribution in [0.1, 0.15) is 40.5 Å². The van der Waals surface area contributed by atoms with Crippen molar-refractivity contribution >= 4 is 12.1 Å². The van der Waals surface area contributed by atoms with Gasteiger partial charge in [0.1, 0.15) is 11.7 Å². The van der Waals surface area contributed by atoms with Gasteiger partial charge in [-0.2, -0.15) is 0 Å². The summed E-state index contributed by atoms with van der Waals surface area (Å²) in [5.41, 5.74) is -0.566. The smallest absolute Gasteiger partial charge is 0.408 e. The van der Waals surface area contributed by atoms with Crippen molar-refractivity contribution in [2.45, 2.75) is 58.3 Å². The molecule has 0 bridgehead atoms. The average Bonchev–Trinajstić information content (AvgIpc) is 2.72. The van der Waals surface area contributed by atoms with Crippen LogP contribution in [0.4, 0.5) is 4.79 Å². The second-order valence-corrected chi connectivity index (χ2v) is 6.38. The third kappa shape index (κ3) is 6.47. The van der Waals surface area contributed by atoms with Crippen molar-refractivity contribution in [2.75, 3.05) is 0 Å². The maximum absolute atomic E-state index is 11.9. The molecule has 0 aromatic carbocycles. The van der Waals surface area contributed by atoms with Gasteiger partial charge in [-0.15, -0.1) is 6.58 Å². The molecule has 3 atom stereocenters. The summed E-state index contributed by atoms with van der Waals surface area (Å²) in [4.78, 5) is 23.1. The standard InChI is InChI=1S/C16H25NO4/c1-6-7-11(2)10-12(13-8-9-14(18)20-13)17-15(19)21-16(3,4)5/h6,8-9,11-13H,1,7,10H2,2-5H3,(H,17,19). The minimum atomic E-state index is -0.566. The second kappa shape index (κ2) is 7.29. The van der Waals surface area contributed by atoms with Crippen molar-refractivity contribution in [1.29, 1.82) is 0 Å². The summed E-state index contributed by atoms with van der Waals surface area (Å²) < 4.78 is 10.4. The SMILES string of the molecule is C=CCC(C)CC(NC(=O)OC(C)(C)C)C1C=CC(=O)O1. The van der Waals surface area contributed by atoms with Gasteiger partial charge in [0.15, 0.2) is 0 Å². The predicted molar refractivity (Wildman–Crippen MR) is 80.8 cm³/mol. The molecule has 1 amide bonds. The van der Waals surface area contributed by atoms with Gasteiger partial charge in [0.2, 0.25) is 0 Å². The number of cyclic esters (lactones) is 1. The number of allylic oxidation sites excluding steroid dienone is 1. The summed E-state index contributed by atoms with van der Waals surface area (Å²) in [5, 5.41) is 2.80. The number of esters is 1. The molecule has 1 aliphatic rings. The quantitative estimate of drug-likeness (QED) is 0.604. The molecule has 0 aromatic heterocycles. The number of carbonyl (C=O) groups is 2. The molecular weight excluding hydrogens is 270 g/mol. The molecule has 1 rings (SSSR count). The number of hydrogen-bond donors (Lipinski definition) is 1. The molecule has 3 unspecified atom stereocenters. The Bertz CT molecular complexity index is 422. The molecular formula is C16H25NO4. The summed E-state index contributed by atoms with van der Waals surface area (Å²) in [6, 6.07) is -0.308. The maximum Gasteiger partial charge on any atom is 0.408 e. The molecule has 0 radical (unpaired) electrons. The van der Waals surface area contributed by atoms with Gasteiger partial charge >= 0.3 is 12.1 Å². The number of nitrogens with one attached hydrogen (secondary N) is 1. The zero-order valence-electron chi connectivity index (χ0n) is 13.2. The van der Waals surface area contributed by atoms with Crippen LogP contribution < -0.4 is 5.32 Å². The van der Waals surface area contributed by atoms with E-state index in [0.717, 1.165) is 6.42 Å². The molecule has 1 aliphatic heterocycles. The van der Waals surface area contributed by atoms with E-state index >= 15 is 0 Å². The molecule has 5 heteroatoms. The number of amides is 1. The number of alkyl carbamates (subject to hydrolysis) is 1. The molecule has 21 heavy (non-hydrogen) atoms. The van der Waals surface area contributed by atoms with Crippen LogP contribution in [0.25, 0.3) is 0 Å². The predicted octanol–water partition coefficient (Wildman–Crippen LogP) is 2.96. The lowest BCUT2D eigenvalue weighted by Crippen LogP contribution is -2.46. The van der Waals surface area contributed by atoms with Gasteiger partial charge in [0.05, 0.1) is 6.04 Å². The lowest BCUT2D eigenvalue weighted by molar-refractivity contribution is -0.139. The molecule has 0 saturated carbocycles. The summed E-state index contributed by atoms with van der Waals surface area (Å²) in [6.45, 7) is 11.2. The monoisotopic (exact) mass is 295 g/mol. The lowest BCUT2D eigenvalue weighted by atomic mass is 9.95. The highest BCUT2D eigenvalue weighted by Gasteiger charge is 2.30. The van der Waals surface area contributed by atoms with Crippen molar-refractivity contribution in [1.82, 2.24) is 5.32 Å². The normalized spacial score (nSPS) is 20.6. The van der Waals surface area contributed by atoms with Gasteiger partial charge in [-0.3, -0.25) is 0 Å². The van der Waals surface area contributed by atoms with Crippen LogP contribution in [0.5, 0.6) is 0 Å². The van der Waals surface area contributed by atoms with E-state index in [1.165, 1.54) is 6.08 Å². The van der Waals surface area contributed by atoms with Crippen molar-refractivity contribution in [3.05, 3.63) is 24.8 Å². The Kier molecular flexibility index (Phi) is 6.00. The number of hydrogen-bond acceptors (Lipinski definition) is 4. The molecule has 1 N–H and O–H groups in total. The van der Waals surface area contributed by atoms with Crippen LogP contribution in [-0.2, 0) is 14.3 Å². The molecule has 5 nitrogen and oxygen atoms in total. The highest BCUT2D eigenvalue weighted by molar-refractivity contribution is 5.84. The zero-order valence-corrected chi connectivity index (χ0v) is 13.2. The van der Waals surface area contributed by atoms with E-state index in [1.54, 1.807) is 26.8 Å². The van der Waals surface area contributed by atoms with Gasteiger partial charge in [-0.1, -0.05) is 13.0 Å². The Morgan fingerprint density at radius 3 is 2.71 bits per heavy atom. The van der Waals surface area contributed by atoms with Crippen LogP contribution in [0, 0.1) is 5.92 Å². The number of rotatable bonds is 6. The lowest BCUT2D eigenvalue weighted by Gasteiger charge is -2.27. The van der Waals surface area contributed by atoms with E-state index < -0.39 is 17.8 Å². The van der Waals surface area contributed by atoms with Gasteiger partial charge < -0.3 is 14.8 Å². The summed E-state index contributed by atoms with van der Waals surface area (Å²) in [7, 11) is 0. The molecule has 0 aliphatic carbocycles. The van der Waals surface area contributed by atoms with E-state index in [2.05, 4.69) is 18.8 Å². The minimum absolute atomic E-state index is 0.308. The van der Waals surface area contributed by atoms with Gasteiger partial charge in [0, 0.05) is 6.08 Å². The van der Waals surface area contributed by atoms with Crippen LogP contribution in [0.2, 0.25) is 0 Å². The Balaban J connectivity index is 2.67. The molecule has 0 aromatic rings. The van der Waals surface area contributed by atoms with Crippen LogP contribution in [-0.4, -0.2) is 29.8 Å². The third-order valence-electron chi connectivity index (χ3n) is 3.00. The highest BCUT2D eigenvalue weighted by Crippen LogP contribution is 2.19. The van der Waals surface area contributed by atoms with Crippen molar-refractivity contribution in [2.24, 2.45) is 5.92 Å². The van der Waals surface area contributed by atoms with E-state index in [-0.39, 0.29) is 12.0 Å². The Hall–Kier alpha value is -1.78. The fourth-order valence-electron chi connectivity index (χ4n) is 2.15. The maximum atomic E-state index is 11.9. The summed E-state index contributed by atoms with van der Waals surface area (Å²) >= 11 is 0. The molecule has 0 spiro atoms. The Labute approximate surface area is 126 Å². The topological polar surface area (TPSA) is 64.6 Å². The second-order valence-electron chi connectivity index (χ2n) is 6.38. The van der Waals surface area contributed by atoms with Crippen LogP contribution in [0.3, 0.4) is 0 Å². The van der Waals surface area contributed by atoms with Gasteiger partial charge in [0.25, 0.3) is 0 Å². The van der Waals surface area contributed by atoms with Crippen LogP contribution in [0.15, 0.2) is 24.8 Å². The van der Waals surface area contributed by atoms with Crippen molar-refractivity contribution < 1.29 is 19.1 Å². The van der Waals surface area contributed by atoms with E-state index in [4.69, 9.17) is 9.47 Å². The molecule has 118 valence electrons. The Morgan fingerprint density at radius 2 is 2.24 bits per heavy atom. The van der Waals surface area contributed by atoms with Gasteiger partial charge in [-0.05, 0) is 45.6 Å². The first-order chi connectivity index (χ1) is 9.71. The molecule has 1 heterocycles. The fraction of sp³-hybridized carbons (Fsp3) is 0.625. The number of ether oxygens (including phenoxy) is 2. The third-order valence-corrected chi connectivity index (χ3v) is 3.00. The van der Waals surface area contributed by atoms with Crippen LogP contribution >= 0.6 is 0 Å². The fourth-order valence-corrected chi connectivity index (χ4v) is 2.15. The molecule has 0 saturated heterocycles. The highest BCUT2D eigenvalue weighted by atomic mass is 16.6. The van der Waals surface area contributed by atoms with E-state index in [0.29, 0.717) is 12.3 Å². The van der Waals surface area contributed by atoms with E-state index in [9.17, 15) is 9.59 Å². The molecule has 0 fully saturated rings. The summed E-state index contributed by atoms with van der Waals surface area (Å²) in [6.07, 6.45) is 5.44. The first kappa shape index (κ1) is 17.3. The van der Waals surface area contributed by atoms with Crippen molar-refractivity contribution in [3.63, 3.8) is 0 Å². The Morgan fingerprint density at radius 1 is 1.57 bits per heavy atom. The average molecular weight is 295 g/mol. The largest absolute Gasteiger partial charge is 0.453 e. The van der Waals surface area contributed by atoms with Gasteiger partial charge in [-0.25, -0.2) is 9.59 Å². The van der Waals surface area contributed by atoms with Crippen molar-refractivity contribution in [3.8, 4) is 0 Å². The first-order valence-electron chi connectivity index (χ1n) is 7.20. The summed E-state index contributed by atoms with van der Waals surface area (Å²) in [5.74, 6) is -0.0671. The zero-order chi connectivity index (χ0) is 16.0. The first-order valence-corrected chi connectivity index (χ1v) is 7.20. The minimum Gasteiger partial charge on any atom is -0.453 e. The number of carbonyl (C=O) groups excluding carboxylic acids is 2. The van der Waals surface area contributed by atoms with E-state index in [1.807, 2.05) is 6.08 Å².